The molecule has 0 radical (unpaired) electrons. The van der Waals surface area contributed by atoms with E-state index < -0.39 is 6.10 Å². The molecule has 168 valence electrons. The fraction of sp³-hybridized carbons (Fsp3) is 0.478. The van der Waals surface area contributed by atoms with Crippen molar-refractivity contribution in [3.8, 4) is 0 Å². The number of H-pyrrole nitrogens is 1. The van der Waals surface area contributed by atoms with Crippen molar-refractivity contribution < 1.29 is 9.53 Å². The van der Waals surface area contributed by atoms with Crippen LogP contribution in [0, 0.1) is 5.92 Å². The van der Waals surface area contributed by atoms with Crippen LogP contribution < -0.4 is 11.4 Å². The molecule has 3 N–H and O–H groups in total. The summed E-state index contributed by atoms with van der Waals surface area (Å²) >= 11 is 0. The summed E-state index contributed by atoms with van der Waals surface area (Å²) in [5, 5.41) is 0. The van der Waals surface area contributed by atoms with Crippen LogP contribution in [-0.2, 0) is 4.74 Å². The molecule has 0 bridgehead atoms. The molecule has 1 aliphatic carbocycles. The molecule has 3 aromatic rings. The van der Waals surface area contributed by atoms with Gasteiger partial charge in [-0.15, -0.1) is 0 Å². The van der Waals surface area contributed by atoms with Gasteiger partial charge in [0, 0.05) is 37.6 Å². The maximum absolute atomic E-state index is 13.0. The van der Waals surface area contributed by atoms with Crippen LogP contribution in [0.4, 0.5) is 4.79 Å². The van der Waals surface area contributed by atoms with Gasteiger partial charge in [-0.3, -0.25) is 14.5 Å². The SMILES string of the molecule is C[C@@H]1CC[C@@H](OC(=O)N2CCC(n3c(=O)[nH]c4ncccc43)CC2)c2ncccc2[C@H]1N. The Morgan fingerprint density at radius 2 is 1.88 bits per heavy atom. The van der Waals surface area contributed by atoms with Crippen molar-refractivity contribution in [2.75, 3.05) is 13.1 Å². The monoisotopic (exact) mass is 436 g/mol. The first-order valence-electron chi connectivity index (χ1n) is 11.2. The highest BCUT2D eigenvalue weighted by Gasteiger charge is 2.33. The second-order valence-corrected chi connectivity index (χ2v) is 8.82. The van der Waals surface area contributed by atoms with Crippen molar-refractivity contribution in [1.82, 2.24) is 24.4 Å². The Morgan fingerprint density at radius 1 is 1.12 bits per heavy atom. The average molecular weight is 437 g/mol. The Morgan fingerprint density at radius 3 is 2.69 bits per heavy atom. The van der Waals surface area contributed by atoms with E-state index >= 15 is 0 Å². The second-order valence-electron chi connectivity index (χ2n) is 8.82. The fourth-order valence-corrected chi connectivity index (χ4v) is 4.96. The molecule has 32 heavy (non-hydrogen) atoms. The molecule has 0 aromatic carbocycles. The summed E-state index contributed by atoms with van der Waals surface area (Å²) in [5.74, 6) is 0.293. The lowest BCUT2D eigenvalue weighted by atomic mass is 9.95. The largest absolute Gasteiger partial charge is 0.440 e. The average Bonchev–Trinajstić information content (AvgIpc) is 3.11. The lowest BCUT2D eigenvalue weighted by molar-refractivity contribution is 0.0467. The van der Waals surface area contributed by atoms with Crippen molar-refractivity contribution in [3.63, 3.8) is 0 Å². The molecule has 0 spiro atoms. The molecule has 1 fully saturated rings. The zero-order chi connectivity index (χ0) is 22.2. The Hall–Kier alpha value is -3.20. The fourth-order valence-electron chi connectivity index (χ4n) is 4.96. The van der Waals surface area contributed by atoms with Crippen LogP contribution in [0.5, 0.6) is 0 Å². The maximum atomic E-state index is 13.0. The van der Waals surface area contributed by atoms with Crippen LogP contribution in [0.15, 0.2) is 41.5 Å². The molecule has 1 saturated heterocycles. The predicted molar refractivity (Wildman–Crippen MR) is 119 cm³/mol. The number of nitrogens with zero attached hydrogens (tertiary/aromatic N) is 4. The van der Waals surface area contributed by atoms with E-state index in [0.717, 1.165) is 23.2 Å². The summed E-state index contributed by atoms with van der Waals surface area (Å²) in [6.45, 7) is 3.18. The minimum atomic E-state index is -0.394. The number of likely N-dealkylation sites (tertiary alicyclic amines) is 1. The number of hydrogen-bond acceptors (Lipinski definition) is 6. The lowest BCUT2D eigenvalue weighted by Crippen LogP contribution is -2.41. The van der Waals surface area contributed by atoms with E-state index in [9.17, 15) is 9.59 Å². The van der Waals surface area contributed by atoms with Gasteiger partial charge in [-0.1, -0.05) is 13.0 Å². The third kappa shape index (κ3) is 3.66. The first-order chi connectivity index (χ1) is 15.5. The van der Waals surface area contributed by atoms with Gasteiger partial charge >= 0.3 is 11.8 Å². The third-order valence-electron chi connectivity index (χ3n) is 6.85. The number of amides is 1. The third-order valence-corrected chi connectivity index (χ3v) is 6.85. The molecule has 5 rings (SSSR count). The molecule has 9 heteroatoms. The second kappa shape index (κ2) is 8.38. The predicted octanol–water partition coefficient (Wildman–Crippen LogP) is 3.06. The van der Waals surface area contributed by atoms with Crippen LogP contribution in [0.2, 0.25) is 0 Å². The highest BCUT2D eigenvalue weighted by Crippen LogP contribution is 2.37. The van der Waals surface area contributed by atoms with Gasteiger partial charge in [0.1, 0.15) is 6.10 Å². The summed E-state index contributed by atoms with van der Waals surface area (Å²) in [6.07, 6.45) is 5.59. The van der Waals surface area contributed by atoms with Gasteiger partial charge in [-0.25, -0.2) is 14.6 Å². The van der Waals surface area contributed by atoms with E-state index in [1.54, 1.807) is 21.9 Å². The van der Waals surface area contributed by atoms with Crippen molar-refractivity contribution in [1.29, 1.82) is 0 Å². The van der Waals surface area contributed by atoms with E-state index in [-0.39, 0.29) is 23.9 Å². The highest BCUT2D eigenvalue weighted by atomic mass is 16.6. The summed E-state index contributed by atoms with van der Waals surface area (Å²) in [6, 6.07) is 7.48. The van der Waals surface area contributed by atoms with E-state index in [1.165, 1.54) is 0 Å². The normalized spacial score (nSPS) is 24.2. The zero-order valence-corrected chi connectivity index (χ0v) is 18.1. The minimum Gasteiger partial charge on any atom is -0.440 e. The Kier molecular flexibility index (Phi) is 5.42. The standard InChI is InChI=1S/C23H28N6O3/c1-14-6-7-18(20-16(19(14)24)4-2-10-25-20)32-23(31)28-12-8-15(9-13-28)29-17-5-3-11-26-21(17)27-22(29)30/h2-5,10-11,14-15,18-19H,6-9,12-13,24H2,1H3,(H,26,27,30)/t14-,18-,19+/m1/s1. The number of nitrogens with one attached hydrogen (secondary N) is 1. The van der Waals surface area contributed by atoms with Gasteiger partial charge in [0.2, 0.25) is 0 Å². The molecule has 9 nitrogen and oxygen atoms in total. The quantitative estimate of drug-likeness (QED) is 0.596. The molecule has 1 aliphatic heterocycles. The van der Waals surface area contributed by atoms with E-state index in [4.69, 9.17) is 10.5 Å². The van der Waals surface area contributed by atoms with E-state index in [1.807, 2.05) is 24.3 Å². The first-order valence-corrected chi connectivity index (χ1v) is 11.2. The Labute approximate surface area is 185 Å². The van der Waals surface area contributed by atoms with E-state index in [2.05, 4.69) is 21.9 Å². The summed E-state index contributed by atoms with van der Waals surface area (Å²) in [5.41, 5.74) is 9.37. The number of imidazole rings is 1. The molecular formula is C23H28N6O3. The number of carbonyl (C=O) groups is 1. The summed E-state index contributed by atoms with van der Waals surface area (Å²) in [4.78, 5) is 38.7. The molecule has 0 unspecified atom stereocenters. The smallest absolute Gasteiger partial charge is 0.410 e. The number of rotatable bonds is 2. The number of hydrogen-bond donors (Lipinski definition) is 2. The summed E-state index contributed by atoms with van der Waals surface area (Å²) in [7, 11) is 0. The van der Waals surface area contributed by atoms with Crippen LogP contribution in [0.1, 0.15) is 62.1 Å². The highest BCUT2D eigenvalue weighted by molar-refractivity contribution is 5.70. The van der Waals surface area contributed by atoms with Gasteiger partial charge in [-0.2, -0.15) is 0 Å². The number of carbonyl (C=O) groups excluding carboxylic acids is 1. The molecular weight excluding hydrogens is 408 g/mol. The van der Waals surface area contributed by atoms with Gasteiger partial charge in [0.15, 0.2) is 5.65 Å². The number of fused-ring (bicyclic) bond motifs is 2. The van der Waals surface area contributed by atoms with Crippen LogP contribution in [-0.4, -0.2) is 43.6 Å². The van der Waals surface area contributed by atoms with Crippen LogP contribution in [0.25, 0.3) is 11.2 Å². The van der Waals surface area contributed by atoms with Crippen molar-refractivity contribution in [2.45, 2.75) is 50.8 Å². The first kappa shape index (κ1) is 20.7. The molecule has 1 amide bonds. The topological polar surface area (TPSA) is 119 Å². The number of piperidine rings is 1. The molecule has 3 aromatic heterocycles. The molecule has 3 atom stereocenters. The molecule has 2 aliphatic rings. The maximum Gasteiger partial charge on any atom is 0.410 e. The lowest BCUT2D eigenvalue weighted by Gasteiger charge is -2.33. The molecule has 0 saturated carbocycles. The Balaban J connectivity index is 1.28. The number of aromatic amines is 1. The van der Waals surface area contributed by atoms with Crippen molar-refractivity contribution in [3.05, 3.63) is 58.4 Å². The zero-order valence-electron chi connectivity index (χ0n) is 18.1. The number of pyridine rings is 2. The van der Waals surface area contributed by atoms with Crippen molar-refractivity contribution >= 4 is 17.3 Å². The van der Waals surface area contributed by atoms with Gasteiger partial charge < -0.3 is 15.4 Å². The number of ether oxygens (including phenoxy) is 1. The minimum absolute atomic E-state index is 0.0172. The number of aromatic nitrogens is 4. The van der Waals surface area contributed by atoms with E-state index in [0.29, 0.717) is 43.9 Å². The van der Waals surface area contributed by atoms with Gasteiger partial charge in [0.25, 0.3) is 0 Å². The van der Waals surface area contributed by atoms with Crippen LogP contribution in [0.3, 0.4) is 0 Å². The number of nitrogens with two attached hydrogens (primary N) is 1. The molecule has 4 heterocycles. The van der Waals surface area contributed by atoms with Crippen molar-refractivity contribution in [2.24, 2.45) is 11.7 Å². The van der Waals surface area contributed by atoms with Crippen LogP contribution >= 0.6 is 0 Å². The van der Waals surface area contributed by atoms with Gasteiger partial charge in [0.05, 0.1) is 11.2 Å². The summed E-state index contributed by atoms with van der Waals surface area (Å²) < 4.78 is 7.70. The van der Waals surface area contributed by atoms with Gasteiger partial charge in [-0.05, 0) is 55.4 Å². The Bertz CT molecular complexity index is 1180.